The van der Waals surface area contributed by atoms with Gasteiger partial charge in [-0.25, -0.2) is 14.6 Å². The number of aromatic carboxylic acids is 1. The van der Waals surface area contributed by atoms with Crippen LogP contribution in [0.4, 0.5) is 10.5 Å². The number of imidazole rings is 1. The lowest BCUT2D eigenvalue weighted by Crippen LogP contribution is -2.27. The monoisotopic (exact) mass is 405 g/mol. The number of nitrogens with one attached hydrogen (secondary N) is 2. The van der Waals surface area contributed by atoms with E-state index in [9.17, 15) is 14.4 Å². The highest BCUT2D eigenvalue weighted by Gasteiger charge is 2.19. The van der Waals surface area contributed by atoms with Gasteiger partial charge in [-0.15, -0.1) is 0 Å². The Morgan fingerprint density at radius 1 is 1.17 bits per heavy atom. The van der Waals surface area contributed by atoms with Crippen molar-refractivity contribution >= 4 is 23.7 Å². The zero-order chi connectivity index (χ0) is 21.6. The van der Waals surface area contributed by atoms with Gasteiger partial charge >= 0.3 is 12.1 Å². The van der Waals surface area contributed by atoms with Crippen LogP contribution in [0.25, 0.3) is 0 Å². The zero-order valence-electron chi connectivity index (χ0n) is 17.1. The Labute approximate surface area is 168 Å². The third kappa shape index (κ3) is 6.37. The fourth-order valence-electron chi connectivity index (χ4n) is 2.76. The molecule has 0 spiro atoms. The van der Waals surface area contributed by atoms with Crippen LogP contribution in [-0.4, -0.2) is 49.8 Å². The van der Waals surface area contributed by atoms with E-state index in [2.05, 4.69) is 15.6 Å². The van der Waals surface area contributed by atoms with Crippen molar-refractivity contribution in [3.05, 3.63) is 36.2 Å². The molecule has 2 aromatic rings. The molecule has 3 N–H and O–H groups in total. The van der Waals surface area contributed by atoms with Gasteiger partial charge in [-0.2, -0.15) is 0 Å². The lowest BCUT2D eigenvalue weighted by atomic mass is 10.2. The molecule has 0 aromatic carbocycles. The van der Waals surface area contributed by atoms with Crippen molar-refractivity contribution in [2.45, 2.75) is 52.3 Å². The third-order valence-corrected chi connectivity index (χ3v) is 3.96. The van der Waals surface area contributed by atoms with Gasteiger partial charge in [0.25, 0.3) is 5.91 Å². The van der Waals surface area contributed by atoms with E-state index < -0.39 is 17.7 Å². The van der Waals surface area contributed by atoms with Crippen LogP contribution in [0, 0.1) is 0 Å². The number of ether oxygens (including phenoxy) is 1. The van der Waals surface area contributed by atoms with Gasteiger partial charge in [-0.3, -0.25) is 10.1 Å². The van der Waals surface area contributed by atoms with Crippen molar-refractivity contribution in [3.63, 3.8) is 0 Å². The summed E-state index contributed by atoms with van der Waals surface area (Å²) in [4.78, 5) is 39.0. The Hall–Kier alpha value is -3.30. The fourth-order valence-corrected chi connectivity index (χ4v) is 2.76. The predicted octanol–water partition coefficient (Wildman–Crippen LogP) is 2.57. The van der Waals surface area contributed by atoms with Crippen LogP contribution in [0.1, 0.15) is 54.7 Å². The van der Waals surface area contributed by atoms with Gasteiger partial charge in [0.2, 0.25) is 5.82 Å². The van der Waals surface area contributed by atoms with E-state index in [1.54, 1.807) is 48.4 Å². The molecule has 0 bridgehead atoms. The standard InChI is InChI=1S/C19H27N5O5/c1-19(2,3)29-18(28)22-13-11-14(16(25)20-4)24(12-13)9-6-5-8-23-10-7-21-15(23)17(26)27/h7,10-12H,5-6,8-9H2,1-4H3,(H,20,25)(H,22,28)(H,26,27). The molecule has 0 atom stereocenters. The summed E-state index contributed by atoms with van der Waals surface area (Å²) >= 11 is 0. The van der Waals surface area contributed by atoms with E-state index in [0.29, 0.717) is 37.3 Å². The van der Waals surface area contributed by atoms with Crippen molar-refractivity contribution in [1.29, 1.82) is 0 Å². The summed E-state index contributed by atoms with van der Waals surface area (Å²) in [7, 11) is 1.53. The second-order valence-corrected chi connectivity index (χ2v) is 7.47. The Morgan fingerprint density at radius 2 is 1.83 bits per heavy atom. The molecular weight excluding hydrogens is 378 g/mol. The van der Waals surface area contributed by atoms with E-state index in [-0.39, 0.29) is 11.7 Å². The van der Waals surface area contributed by atoms with Crippen molar-refractivity contribution < 1.29 is 24.2 Å². The fraction of sp³-hybridized carbons (Fsp3) is 0.474. The van der Waals surface area contributed by atoms with Crippen LogP contribution in [0.15, 0.2) is 24.7 Å². The number of hydrogen-bond donors (Lipinski definition) is 3. The summed E-state index contributed by atoms with van der Waals surface area (Å²) in [6, 6.07) is 1.58. The number of aryl methyl sites for hydroxylation is 2. The van der Waals surface area contributed by atoms with Gasteiger partial charge in [0, 0.05) is 38.7 Å². The van der Waals surface area contributed by atoms with Crippen LogP contribution >= 0.6 is 0 Å². The topological polar surface area (TPSA) is 127 Å². The molecule has 0 fully saturated rings. The summed E-state index contributed by atoms with van der Waals surface area (Å²) < 4.78 is 8.56. The molecule has 2 amide bonds. The smallest absolute Gasteiger partial charge is 0.412 e. The summed E-state index contributed by atoms with van der Waals surface area (Å²) in [5.41, 5.74) is 0.242. The third-order valence-electron chi connectivity index (χ3n) is 3.96. The molecule has 158 valence electrons. The Bertz CT molecular complexity index is 878. The number of amides is 2. The molecule has 0 saturated carbocycles. The van der Waals surface area contributed by atoms with E-state index in [0.717, 1.165) is 0 Å². The second-order valence-electron chi connectivity index (χ2n) is 7.47. The van der Waals surface area contributed by atoms with Crippen molar-refractivity contribution in [2.75, 3.05) is 12.4 Å². The first-order valence-electron chi connectivity index (χ1n) is 9.27. The summed E-state index contributed by atoms with van der Waals surface area (Å²) in [5, 5.41) is 14.3. The van der Waals surface area contributed by atoms with Gasteiger partial charge in [0.15, 0.2) is 0 Å². The minimum Gasteiger partial charge on any atom is -0.475 e. The average Bonchev–Trinajstić information content (AvgIpc) is 3.23. The van der Waals surface area contributed by atoms with E-state index in [1.165, 1.54) is 13.2 Å². The molecule has 0 aliphatic heterocycles. The first-order valence-corrected chi connectivity index (χ1v) is 9.27. The minimum absolute atomic E-state index is 0.000797. The normalized spacial score (nSPS) is 11.2. The molecule has 2 rings (SSSR count). The Morgan fingerprint density at radius 3 is 2.41 bits per heavy atom. The molecule has 10 heteroatoms. The maximum atomic E-state index is 12.1. The lowest BCUT2D eigenvalue weighted by molar-refractivity contribution is 0.0633. The predicted molar refractivity (Wildman–Crippen MR) is 106 cm³/mol. The highest BCUT2D eigenvalue weighted by Crippen LogP contribution is 2.17. The Balaban J connectivity index is 2.00. The number of anilines is 1. The molecule has 0 radical (unpaired) electrons. The van der Waals surface area contributed by atoms with Gasteiger partial charge in [0.1, 0.15) is 11.3 Å². The molecule has 0 saturated heterocycles. The first kappa shape index (κ1) is 22.0. The van der Waals surface area contributed by atoms with Crippen LogP contribution in [0.3, 0.4) is 0 Å². The highest BCUT2D eigenvalue weighted by atomic mass is 16.6. The number of hydrogen-bond acceptors (Lipinski definition) is 5. The number of nitrogens with zero attached hydrogens (tertiary/aromatic N) is 3. The molecule has 0 aliphatic rings. The highest BCUT2D eigenvalue weighted by molar-refractivity contribution is 5.95. The number of unbranched alkanes of at least 4 members (excludes halogenated alkanes) is 1. The van der Waals surface area contributed by atoms with Gasteiger partial charge in [-0.1, -0.05) is 0 Å². The lowest BCUT2D eigenvalue weighted by Gasteiger charge is -2.19. The molecular formula is C19H27N5O5. The first-order chi connectivity index (χ1) is 13.6. The average molecular weight is 405 g/mol. The van der Waals surface area contributed by atoms with Crippen LogP contribution in [0.2, 0.25) is 0 Å². The van der Waals surface area contributed by atoms with Gasteiger partial charge < -0.3 is 24.3 Å². The maximum Gasteiger partial charge on any atom is 0.412 e. The molecule has 10 nitrogen and oxygen atoms in total. The van der Waals surface area contributed by atoms with Crippen LogP contribution in [0.5, 0.6) is 0 Å². The van der Waals surface area contributed by atoms with Crippen molar-refractivity contribution in [1.82, 2.24) is 19.4 Å². The number of carbonyl (C=O) groups excluding carboxylic acids is 2. The van der Waals surface area contributed by atoms with Gasteiger partial charge in [-0.05, 0) is 39.7 Å². The largest absolute Gasteiger partial charge is 0.475 e. The summed E-state index contributed by atoms with van der Waals surface area (Å²) in [5.74, 6) is -1.34. The second kappa shape index (κ2) is 9.26. The van der Waals surface area contributed by atoms with E-state index in [1.807, 2.05) is 0 Å². The van der Waals surface area contributed by atoms with E-state index >= 15 is 0 Å². The summed E-state index contributed by atoms with van der Waals surface area (Å²) in [6.07, 6.45) is 5.54. The molecule has 0 unspecified atom stereocenters. The summed E-state index contributed by atoms with van der Waals surface area (Å²) in [6.45, 7) is 6.33. The quantitative estimate of drug-likeness (QED) is 0.579. The SMILES string of the molecule is CNC(=O)c1cc(NC(=O)OC(C)(C)C)cn1CCCCn1ccnc1C(=O)O. The zero-order valence-corrected chi connectivity index (χ0v) is 17.1. The number of rotatable bonds is 8. The minimum atomic E-state index is -1.07. The number of carbonyl (C=O) groups is 3. The van der Waals surface area contributed by atoms with Crippen molar-refractivity contribution in [2.24, 2.45) is 0 Å². The van der Waals surface area contributed by atoms with Crippen LogP contribution < -0.4 is 10.6 Å². The number of carboxylic acid groups (broad SMARTS) is 1. The maximum absolute atomic E-state index is 12.1. The molecule has 2 aromatic heterocycles. The molecule has 29 heavy (non-hydrogen) atoms. The van der Waals surface area contributed by atoms with E-state index in [4.69, 9.17) is 9.84 Å². The molecule has 0 aliphatic carbocycles. The molecule has 2 heterocycles. The van der Waals surface area contributed by atoms with Crippen LogP contribution in [-0.2, 0) is 17.8 Å². The van der Waals surface area contributed by atoms with Crippen molar-refractivity contribution in [3.8, 4) is 0 Å². The number of carboxylic acids is 1. The number of aromatic nitrogens is 3. The Kier molecular flexibility index (Phi) is 7.03. The van der Waals surface area contributed by atoms with Gasteiger partial charge in [0.05, 0.1) is 5.69 Å².